The van der Waals surface area contributed by atoms with E-state index in [1.165, 1.54) is 0 Å². The summed E-state index contributed by atoms with van der Waals surface area (Å²) < 4.78 is 5.52. The molecule has 96 valence electrons. The van der Waals surface area contributed by atoms with Crippen molar-refractivity contribution in [3.05, 3.63) is 0 Å². The highest BCUT2D eigenvalue weighted by Crippen LogP contribution is 2.12. The van der Waals surface area contributed by atoms with E-state index < -0.39 is 12.2 Å². The number of ether oxygens (including phenoxy) is 1. The van der Waals surface area contributed by atoms with E-state index in [-0.39, 0.29) is 0 Å². The number of hydrogen-bond acceptors (Lipinski definition) is 3. The van der Waals surface area contributed by atoms with Gasteiger partial charge in [-0.05, 0) is 25.7 Å². The molecule has 2 unspecified atom stereocenters. The lowest BCUT2D eigenvalue weighted by molar-refractivity contribution is 0.0381. The molecule has 0 saturated heterocycles. The lowest BCUT2D eigenvalue weighted by atomic mass is 10.1. The second kappa shape index (κ2) is 11.4. The van der Waals surface area contributed by atoms with Crippen molar-refractivity contribution in [3.63, 3.8) is 0 Å². The third-order valence-electron chi connectivity index (χ3n) is 2.76. The Labute approximate surface area is 105 Å². The van der Waals surface area contributed by atoms with Gasteiger partial charge in [-0.3, -0.25) is 0 Å². The largest absolute Gasteiger partial charge is 0.345 e. The Hall–Kier alpha value is -1.06. The van der Waals surface area contributed by atoms with Crippen molar-refractivity contribution in [2.45, 2.75) is 77.4 Å². The fourth-order valence-corrected chi connectivity index (χ4v) is 1.68. The lowest BCUT2D eigenvalue weighted by Gasteiger charge is -2.15. The van der Waals surface area contributed by atoms with E-state index in [9.17, 15) is 0 Å². The molecule has 0 radical (unpaired) electrons. The molecule has 0 bridgehead atoms. The zero-order chi connectivity index (χ0) is 12.9. The van der Waals surface area contributed by atoms with Gasteiger partial charge >= 0.3 is 0 Å². The van der Waals surface area contributed by atoms with Crippen molar-refractivity contribution in [2.75, 3.05) is 0 Å². The molecule has 0 rings (SSSR count). The summed E-state index contributed by atoms with van der Waals surface area (Å²) >= 11 is 0. The van der Waals surface area contributed by atoms with E-state index in [0.29, 0.717) is 0 Å². The lowest BCUT2D eigenvalue weighted by Crippen LogP contribution is -2.19. The topological polar surface area (TPSA) is 56.8 Å². The van der Waals surface area contributed by atoms with Crippen molar-refractivity contribution in [1.82, 2.24) is 0 Å². The van der Waals surface area contributed by atoms with Gasteiger partial charge in [-0.1, -0.05) is 39.5 Å². The molecule has 0 heterocycles. The second-order valence-corrected chi connectivity index (χ2v) is 4.36. The normalized spacial score (nSPS) is 13.6. The predicted molar refractivity (Wildman–Crippen MR) is 68.2 cm³/mol. The number of unbranched alkanes of at least 4 members (excludes halogenated alkanes) is 4. The minimum Gasteiger partial charge on any atom is -0.345 e. The predicted octanol–water partition coefficient (Wildman–Crippen LogP) is 3.95. The summed E-state index contributed by atoms with van der Waals surface area (Å²) in [5.74, 6) is 0. The average molecular weight is 236 g/mol. The molecule has 17 heavy (non-hydrogen) atoms. The van der Waals surface area contributed by atoms with Crippen LogP contribution in [0.3, 0.4) is 0 Å². The summed E-state index contributed by atoms with van der Waals surface area (Å²) in [7, 11) is 0. The molecule has 0 aromatic carbocycles. The Balaban J connectivity index is 3.88. The van der Waals surface area contributed by atoms with Gasteiger partial charge in [0.2, 0.25) is 0 Å². The van der Waals surface area contributed by atoms with Gasteiger partial charge in [0.25, 0.3) is 0 Å². The van der Waals surface area contributed by atoms with Crippen LogP contribution in [0.2, 0.25) is 0 Å². The van der Waals surface area contributed by atoms with Crippen LogP contribution in [0.5, 0.6) is 0 Å². The molecule has 0 N–H and O–H groups in total. The van der Waals surface area contributed by atoms with Crippen molar-refractivity contribution in [2.24, 2.45) is 0 Å². The van der Waals surface area contributed by atoms with Crippen molar-refractivity contribution in [3.8, 4) is 12.1 Å². The van der Waals surface area contributed by atoms with E-state index in [1.807, 2.05) is 0 Å². The van der Waals surface area contributed by atoms with Gasteiger partial charge in [0.05, 0.1) is 12.1 Å². The molecule has 3 heteroatoms. The highest BCUT2D eigenvalue weighted by Gasteiger charge is 2.15. The Morgan fingerprint density at radius 3 is 1.53 bits per heavy atom. The molecule has 0 fully saturated rings. The van der Waals surface area contributed by atoms with Crippen molar-refractivity contribution < 1.29 is 4.74 Å². The molecule has 0 saturated carbocycles. The van der Waals surface area contributed by atoms with E-state index in [4.69, 9.17) is 15.3 Å². The third kappa shape index (κ3) is 8.72. The molecular weight excluding hydrogens is 212 g/mol. The van der Waals surface area contributed by atoms with Gasteiger partial charge in [0, 0.05) is 0 Å². The SMILES string of the molecule is CCCCCC(C#N)OC(C#N)CCCCC. The maximum absolute atomic E-state index is 8.96. The highest BCUT2D eigenvalue weighted by atomic mass is 16.5. The number of nitrogens with zero attached hydrogens (tertiary/aromatic N) is 2. The van der Waals surface area contributed by atoms with Crippen LogP contribution in [0.15, 0.2) is 0 Å². The van der Waals surface area contributed by atoms with Crippen LogP contribution in [0.1, 0.15) is 65.2 Å². The fraction of sp³-hybridized carbons (Fsp3) is 0.857. The Kier molecular flexibility index (Phi) is 10.7. The molecule has 0 aliphatic carbocycles. The summed E-state index contributed by atoms with van der Waals surface area (Å²) in [6.07, 6.45) is 7.19. The molecule has 2 atom stereocenters. The van der Waals surface area contributed by atoms with Gasteiger partial charge < -0.3 is 4.74 Å². The van der Waals surface area contributed by atoms with Gasteiger partial charge in [-0.25, -0.2) is 0 Å². The zero-order valence-corrected chi connectivity index (χ0v) is 11.1. The van der Waals surface area contributed by atoms with Crippen LogP contribution >= 0.6 is 0 Å². The monoisotopic (exact) mass is 236 g/mol. The first-order valence-electron chi connectivity index (χ1n) is 6.73. The third-order valence-corrected chi connectivity index (χ3v) is 2.76. The van der Waals surface area contributed by atoms with E-state index in [0.717, 1.165) is 51.4 Å². The summed E-state index contributed by atoms with van der Waals surface area (Å²) in [6, 6.07) is 4.29. The molecule has 0 spiro atoms. The number of nitriles is 2. The van der Waals surface area contributed by atoms with Crippen molar-refractivity contribution >= 4 is 0 Å². The molecular formula is C14H24N2O. The van der Waals surface area contributed by atoms with Crippen molar-refractivity contribution in [1.29, 1.82) is 10.5 Å². The maximum Gasteiger partial charge on any atom is 0.145 e. The first-order valence-corrected chi connectivity index (χ1v) is 6.73. The Morgan fingerprint density at radius 2 is 1.24 bits per heavy atom. The van der Waals surface area contributed by atoms with Crippen LogP contribution in [-0.4, -0.2) is 12.2 Å². The van der Waals surface area contributed by atoms with Gasteiger partial charge in [0.15, 0.2) is 0 Å². The van der Waals surface area contributed by atoms with Gasteiger partial charge in [0.1, 0.15) is 12.2 Å². The summed E-state index contributed by atoms with van der Waals surface area (Å²) in [6.45, 7) is 4.26. The van der Waals surface area contributed by atoms with Crippen LogP contribution < -0.4 is 0 Å². The smallest absolute Gasteiger partial charge is 0.145 e. The standard InChI is InChI=1S/C14H24N2O/c1-3-5-7-9-13(11-15)17-14(12-16)10-8-6-4-2/h13-14H,3-10H2,1-2H3. The van der Waals surface area contributed by atoms with Crippen LogP contribution in [-0.2, 0) is 4.74 Å². The average Bonchev–Trinajstić information content (AvgIpc) is 2.36. The number of rotatable bonds is 10. The van der Waals surface area contributed by atoms with Crippen LogP contribution in [0.25, 0.3) is 0 Å². The summed E-state index contributed by atoms with van der Waals surface area (Å²) in [4.78, 5) is 0. The molecule has 0 aliphatic rings. The zero-order valence-electron chi connectivity index (χ0n) is 11.1. The minimum atomic E-state index is -0.409. The minimum absolute atomic E-state index is 0.409. The molecule has 3 nitrogen and oxygen atoms in total. The molecule has 0 aromatic rings. The van der Waals surface area contributed by atoms with E-state index in [2.05, 4.69) is 26.0 Å². The van der Waals surface area contributed by atoms with E-state index in [1.54, 1.807) is 0 Å². The molecule has 0 aromatic heterocycles. The van der Waals surface area contributed by atoms with Gasteiger partial charge in [-0.2, -0.15) is 10.5 Å². The maximum atomic E-state index is 8.96. The number of hydrogen-bond donors (Lipinski definition) is 0. The Bertz CT molecular complexity index is 226. The molecule has 0 amide bonds. The first kappa shape index (κ1) is 15.9. The summed E-state index contributed by atoms with van der Waals surface area (Å²) in [5.41, 5.74) is 0. The first-order chi connectivity index (χ1) is 8.28. The fourth-order valence-electron chi connectivity index (χ4n) is 1.68. The quantitative estimate of drug-likeness (QED) is 0.540. The Morgan fingerprint density at radius 1 is 0.824 bits per heavy atom. The van der Waals surface area contributed by atoms with Gasteiger partial charge in [-0.15, -0.1) is 0 Å². The highest BCUT2D eigenvalue weighted by molar-refractivity contribution is 4.90. The second-order valence-electron chi connectivity index (χ2n) is 4.36. The summed E-state index contributed by atoms with van der Waals surface area (Å²) in [5, 5.41) is 17.9. The van der Waals surface area contributed by atoms with E-state index >= 15 is 0 Å². The van der Waals surface area contributed by atoms with Crippen LogP contribution in [0.4, 0.5) is 0 Å². The molecule has 0 aliphatic heterocycles. The van der Waals surface area contributed by atoms with Crippen LogP contribution in [0, 0.1) is 22.7 Å².